The summed E-state index contributed by atoms with van der Waals surface area (Å²) in [6.45, 7) is 2.69. The molecule has 1 N–H and O–H groups in total. The summed E-state index contributed by atoms with van der Waals surface area (Å²) < 4.78 is 18.2. The van der Waals surface area contributed by atoms with Gasteiger partial charge in [0.05, 0.1) is 6.54 Å². The van der Waals surface area contributed by atoms with Gasteiger partial charge in [0.25, 0.3) is 0 Å². The highest BCUT2D eigenvalue weighted by Crippen LogP contribution is 2.17. The van der Waals surface area contributed by atoms with E-state index in [9.17, 15) is 4.39 Å². The van der Waals surface area contributed by atoms with E-state index in [-0.39, 0.29) is 5.82 Å². The molecule has 6 heteroatoms. The molecule has 1 unspecified atom stereocenters. The molecule has 0 amide bonds. The molecule has 0 spiro atoms. The van der Waals surface area contributed by atoms with Crippen molar-refractivity contribution in [2.45, 2.75) is 25.4 Å². The highest BCUT2D eigenvalue weighted by molar-refractivity contribution is 5.53. The molecule has 0 bridgehead atoms. The first kappa shape index (κ1) is 14.2. The van der Waals surface area contributed by atoms with Gasteiger partial charge in [-0.1, -0.05) is 5.16 Å². The number of hydrogen-bond donors (Lipinski definition) is 1. The van der Waals surface area contributed by atoms with Gasteiger partial charge >= 0.3 is 0 Å². The smallest absolute Gasteiger partial charge is 0.241 e. The van der Waals surface area contributed by atoms with Crippen molar-refractivity contribution in [3.63, 3.8) is 0 Å². The molecule has 1 fully saturated rings. The summed E-state index contributed by atoms with van der Waals surface area (Å²) in [5.74, 6) is 0.804. The minimum absolute atomic E-state index is 0.272. The molecule has 0 saturated carbocycles. The fourth-order valence-corrected chi connectivity index (χ4v) is 2.62. The minimum Gasteiger partial charge on any atom is -0.338 e. The number of halogens is 1. The molecule has 1 atom stereocenters. The predicted octanol–water partition coefficient (Wildman–Crippen LogP) is 2.06. The average Bonchev–Trinajstić information content (AvgIpc) is 3.11. The van der Waals surface area contributed by atoms with Gasteiger partial charge < -0.3 is 9.84 Å². The van der Waals surface area contributed by atoms with Gasteiger partial charge in [0.1, 0.15) is 5.82 Å². The predicted molar refractivity (Wildman–Crippen MR) is 77.1 cm³/mol. The number of nitrogens with zero attached hydrogens (tertiary/aromatic N) is 3. The van der Waals surface area contributed by atoms with Gasteiger partial charge in [0.15, 0.2) is 0 Å². The zero-order valence-corrected chi connectivity index (χ0v) is 12.1. The first-order valence-corrected chi connectivity index (χ1v) is 7.21. The number of rotatable bonds is 5. The van der Waals surface area contributed by atoms with Gasteiger partial charge in [-0.3, -0.25) is 4.90 Å². The van der Waals surface area contributed by atoms with Crippen molar-refractivity contribution in [2.75, 3.05) is 20.1 Å². The Kier molecular flexibility index (Phi) is 4.26. The van der Waals surface area contributed by atoms with E-state index < -0.39 is 0 Å². The van der Waals surface area contributed by atoms with E-state index in [0.29, 0.717) is 24.3 Å². The number of nitrogens with one attached hydrogen (secondary N) is 1. The summed E-state index contributed by atoms with van der Waals surface area (Å²) in [5.41, 5.74) is 0.756. The quantitative estimate of drug-likeness (QED) is 0.913. The van der Waals surface area contributed by atoms with Crippen LogP contribution in [-0.4, -0.2) is 41.2 Å². The van der Waals surface area contributed by atoms with Crippen LogP contribution < -0.4 is 5.32 Å². The largest absolute Gasteiger partial charge is 0.338 e. The lowest BCUT2D eigenvalue weighted by Crippen LogP contribution is -2.35. The van der Waals surface area contributed by atoms with E-state index in [0.717, 1.165) is 18.7 Å². The van der Waals surface area contributed by atoms with Crippen LogP contribution in [0.15, 0.2) is 28.8 Å². The molecule has 3 rings (SSSR count). The van der Waals surface area contributed by atoms with E-state index in [1.165, 1.54) is 25.0 Å². The molecule has 0 aliphatic carbocycles. The zero-order valence-electron chi connectivity index (χ0n) is 12.1. The Bertz CT molecular complexity index is 578. The van der Waals surface area contributed by atoms with Crippen molar-refractivity contribution >= 4 is 0 Å². The second-order valence-corrected chi connectivity index (χ2v) is 5.51. The van der Waals surface area contributed by atoms with E-state index in [2.05, 4.69) is 20.4 Å². The van der Waals surface area contributed by atoms with Crippen LogP contribution in [0.25, 0.3) is 11.4 Å². The van der Waals surface area contributed by atoms with Crippen LogP contribution in [0.1, 0.15) is 18.7 Å². The fourth-order valence-electron chi connectivity index (χ4n) is 2.62. The SMILES string of the molecule is CN(Cc1nc(-c2ccc(F)cc2)no1)CC1CCCN1. The van der Waals surface area contributed by atoms with Crippen molar-refractivity contribution < 1.29 is 8.91 Å². The normalized spacial score (nSPS) is 18.5. The maximum absolute atomic E-state index is 12.9. The van der Waals surface area contributed by atoms with Crippen molar-refractivity contribution in [1.82, 2.24) is 20.4 Å². The highest BCUT2D eigenvalue weighted by atomic mass is 19.1. The lowest BCUT2D eigenvalue weighted by atomic mass is 10.2. The summed E-state index contributed by atoms with van der Waals surface area (Å²) in [4.78, 5) is 6.53. The minimum atomic E-state index is -0.272. The summed E-state index contributed by atoms with van der Waals surface area (Å²) in [7, 11) is 2.04. The summed E-state index contributed by atoms with van der Waals surface area (Å²) in [6, 6.07) is 6.63. The Balaban J connectivity index is 1.60. The van der Waals surface area contributed by atoms with Crippen LogP contribution in [0.5, 0.6) is 0 Å². The van der Waals surface area contributed by atoms with Crippen LogP contribution in [0, 0.1) is 5.82 Å². The van der Waals surface area contributed by atoms with Crippen LogP contribution in [0.3, 0.4) is 0 Å². The Hall–Kier alpha value is -1.79. The Morgan fingerprint density at radius 3 is 2.90 bits per heavy atom. The molecule has 21 heavy (non-hydrogen) atoms. The Morgan fingerprint density at radius 1 is 1.38 bits per heavy atom. The molecule has 1 aromatic carbocycles. The highest BCUT2D eigenvalue weighted by Gasteiger charge is 2.17. The van der Waals surface area contributed by atoms with Gasteiger partial charge in [0, 0.05) is 18.2 Å². The van der Waals surface area contributed by atoms with Crippen molar-refractivity contribution in [1.29, 1.82) is 0 Å². The van der Waals surface area contributed by atoms with Crippen molar-refractivity contribution in [3.8, 4) is 11.4 Å². The second kappa shape index (κ2) is 6.32. The maximum Gasteiger partial charge on any atom is 0.241 e. The standard InChI is InChI=1S/C15H19FN4O/c1-20(9-13-3-2-8-17-13)10-14-18-15(19-21-14)11-4-6-12(16)7-5-11/h4-7,13,17H,2-3,8-10H2,1H3. The van der Waals surface area contributed by atoms with Crippen molar-refractivity contribution in [3.05, 3.63) is 36.0 Å². The first-order chi connectivity index (χ1) is 10.2. The van der Waals surface area contributed by atoms with Gasteiger partial charge in [-0.15, -0.1) is 0 Å². The van der Waals surface area contributed by atoms with Gasteiger partial charge in [-0.05, 0) is 50.7 Å². The number of likely N-dealkylation sites (N-methyl/N-ethyl adjacent to an activating group) is 1. The van der Waals surface area contributed by atoms with Crippen LogP contribution in [0.2, 0.25) is 0 Å². The second-order valence-electron chi connectivity index (χ2n) is 5.51. The monoisotopic (exact) mass is 290 g/mol. The van der Waals surface area contributed by atoms with Gasteiger partial charge in [-0.2, -0.15) is 4.98 Å². The molecule has 1 saturated heterocycles. The molecule has 2 heterocycles. The lowest BCUT2D eigenvalue weighted by Gasteiger charge is -2.18. The zero-order chi connectivity index (χ0) is 14.7. The van der Waals surface area contributed by atoms with E-state index >= 15 is 0 Å². The molecule has 112 valence electrons. The third kappa shape index (κ3) is 3.65. The van der Waals surface area contributed by atoms with Crippen LogP contribution in [-0.2, 0) is 6.54 Å². The molecular formula is C15H19FN4O. The number of hydrogen-bond acceptors (Lipinski definition) is 5. The Morgan fingerprint density at radius 2 is 2.19 bits per heavy atom. The third-order valence-electron chi connectivity index (χ3n) is 3.67. The molecular weight excluding hydrogens is 271 g/mol. The maximum atomic E-state index is 12.9. The molecule has 2 aromatic rings. The van der Waals surface area contributed by atoms with E-state index in [4.69, 9.17) is 4.52 Å². The average molecular weight is 290 g/mol. The summed E-state index contributed by atoms with van der Waals surface area (Å²) in [6.07, 6.45) is 2.46. The number of aromatic nitrogens is 2. The van der Waals surface area contributed by atoms with Gasteiger partial charge in [-0.25, -0.2) is 4.39 Å². The molecule has 5 nitrogen and oxygen atoms in total. The lowest BCUT2D eigenvalue weighted by molar-refractivity contribution is 0.248. The number of benzene rings is 1. The van der Waals surface area contributed by atoms with Crippen LogP contribution in [0.4, 0.5) is 4.39 Å². The fraction of sp³-hybridized carbons (Fsp3) is 0.467. The third-order valence-corrected chi connectivity index (χ3v) is 3.67. The molecule has 1 aromatic heterocycles. The topological polar surface area (TPSA) is 54.2 Å². The first-order valence-electron chi connectivity index (χ1n) is 7.21. The molecule has 1 aliphatic heterocycles. The molecule has 0 radical (unpaired) electrons. The van der Waals surface area contributed by atoms with E-state index in [1.54, 1.807) is 12.1 Å². The Labute approximate surface area is 123 Å². The van der Waals surface area contributed by atoms with Crippen LogP contribution >= 0.6 is 0 Å². The van der Waals surface area contributed by atoms with Gasteiger partial charge in [0.2, 0.25) is 11.7 Å². The summed E-state index contributed by atoms with van der Waals surface area (Å²) in [5, 5.41) is 7.42. The summed E-state index contributed by atoms with van der Waals surface area (Å²) >= 11 is 0. The van der Waals surface area contributed by atoms with Crippen molar-refractivity contribution in [2.24, 2.45) is 0 Å². The molecule has 1 aliphatic rings. The van der Waals surface area contributed by atoms with E-state index in [1.807, 2.05) is 7.05 Å².